The molecule has 2 aromatic rings. The molecular weight excluding hydrogens is 393 g/mol. The molecule has 2 aliphatic rings. The fourth-order valence-electron chi connectivity index (χ4n) is 4.86. The number of para-hydroxylation sites is 1. The molecule has 0 aromatic heterocycles. The standard InChI is InChI=1S/C25H32FN3O2/c26-22-9-7-20(8-10-22)17-21-11-15-28(16-12-21)18-25(31)13-4-14-29(19-25)24(30)27-23-5-2-1-3-6-23/h1-3,5-10,21,31H,4,11-19H2,(H,27,30). The Morgan fingerprint density at radius 2 is 1.77 bits per heavy atom. The van der Waals surface area contributed by atoms with Crippen molar-refractivity contribution in [1.29, 1.82) is 0 Å². The lowest BCUT2D eigenvalue weighted by Crippen LogP contribution is -2.57. The number of nitrogens with zero attached hydrogens (tertiary/aromatic N) is 2. The molecular formula is C25H32FN3O2. The first-order valence-electron chi connectivity index (χ1n) is 11.3. The molecule has 2 amide bonds. The number of likely N-dealkylation sites (tertiary alicyclic amines) is 2. The predicted octanol–water partition coefficient (Wildman–Crippen LogP) is 4.14. The SMILES string of the molecule is O=C(Nc1ccccc1)N1CCCC(O)(CN2CCC(Cc3ccc(F)cc3)CC2)C1. The maximum absolute atomic E-state index is 13.1. The number of nitrogens with one attached hydrogen (secondary N) is 1. The number of hydrogen-bond donors (Lipinski definition) is 2. The molecule has 1 unspecified atom stereocenters. The van der Waals surface area contributed by atoms with E-state index in [-0.39, 0.29) is 11.8 Å². The molecule has 2 aromatic carbocycles. The highest BCUT2D eigenvalue weighted by atomic mass is 19.1. The predicted molar refractivity (Wildman–Crippen MR) is 120 cm³/mol. The van der Waals surface area contributed by atoms with Gasteiger partial charge in [-0.05, 0) is 80.9 Å². The first-order valence-corrected chi connectivity index (χ1v) is 11.3. The van der Waals surface area contributed by atoms with Crippen molar-refractivity contribution in [1.82, 2.24) is 9.80 Å². The number of β-amino-alcohol motifs (C(OH)–C–C–N with tert-alkyl or cyclic N) is 1. The summed E-state index contributed by atoms with van der Waals surface area (Å²) in [5, 5.41) is 14.2. The molecule has 2 aliphatic heterocycles. The molecule has 31 heavy (non-hydrogen) atoms. The van der Waals surface area contributed by atoms with Crippen LogP contribution in [0, 0.1) is 11.7 Å². The van der Waals surface area contributed by atoms with Crippen molar-refractivity contribution in [2.24, 2.45) is 5.92 Å². The van der Waals surface area contributed by atoms with Gasteiger partial charge in [0, 0.05) is 18.8 Å². The number of benzene rings is 2. The van der Waals surface area contributed by atoms with E-state index >= 15 is 0 Å². The second-order valence-electron chi connectivity index (χ2n) is 9.10. The van der Waals surface area contributed by atoms with Gasteiger partial charge in [-0.15, -0.1) is 0 Å². The van der Waals surface area contributed by atoms with Gasteiger partial charge >= 0.3 is 6.03 Å². The van der Waals surface area contributed by atoms with Crippen LogP contribution in [0.15, 0.2) is 54.6 Å². The minimum Gasteiger partial charge on any atom is -0.387 e. The molecule has 5 nitrogen and oxygen atoms in total. The number of rotatable bonds is 5. The Kier molecular flexibility index (Phi) is 6.88. The topological polar surface area (TPSA) is 55.8 Å². The van der Waals surface area contributed by atoms with Gasteiger partial charge in [-0.2, -0.15) is 0 Å². The van der Waals surface area contributed by atoms with Crippen LogP contribution in [0.2, 0.25) is 0 Å². The van der Waals surface area contributed by atoms with Crippen molar-refractivity contribution < 1.29 is 14.3 Å². The molecule has 2 N–H and O–H groups in total. The van der Waals surface area contributed by atoms with E-state index in [0.29, 0.717) is 25.6 Å². The highest BCUT2D eigenvalue weighted by Crippen LogP contribution is 2.27. The molecule has 0 saturated carbocycles. The summed E-state index contributed by atoms with van der Waals surface area (Å²) in [7, 11) is 0. The van der Waals surface area contributed by atoms with Crippen LogP contribution in [-0.2, 0) is 6.42 Å². The maximum Gasteiger partial charge on any atom is 0.321 e. The van der Waals surface area contributed by atoms with E-state index in [1.807, 2.05) is 42.5 Å². The van der Waals surface area contributed by atoms with Crippen LogP contribution < -0.4 is 5.32 Å². The Labute approximate surface area is 183 Å². The molecule has 0 aliphatic carbocycles. The summed E-state index contributed by atoms with van der Waals surface area (Å²) in [6.07, 6.45) is 4.65. The van der Waals surface area contributed by atoms with E-state index in [2.05, 4.69) is 10.2 Å². The number of urea groups is 1. The van der Waals surface area contributed by atoms with Crippen LogP contribution in [0.1, 0.15) is 31.2 Å². The zero-order valence-corrected chi connectivity index (χ0v) is 18.0. The first-order chi connectivity index (χ1) is 15.0. The number of aliphatic hydroxyl groups is 1. The molecule has 166 valence electrons. The van der Waals surface area contributed by atoms with Crippen molar-refractivity contribution >= 4 is 11.7 Å². The van der Waals surface area contributed by atoms with Gasteiger partial charge in [0.15, 0.2) is 0 Å². The summed E-state index contributed by atoms with van der Waals surface area (Å²) in [5.74, 6) is 0.404. The monoisotopic (exact) mass is 425 g/mol. The van der Waals surface area contributed by atoms with Crippen LogP contribution in [0.25, 0.3) is 0 Å². The molecule has 0 radical (unpaired) electrons. The van der Waals surface area contributed by atoms with Crippen molar-refractivity contribution in [3.8, 4) is 0 Å². The van der Waals surface area contributed by atoms with Gasteiger partial charge < -0.3 is 20.2 Å². The molecule has 2 fully saturated rings. The lowest BCUT2D eigenvalue weighted by molar-refractivity contribution is -0.0469. The van der Waals surface area contributed by atoms with Crippen LogP contribution in [-0.4, -0.2) is 59.3 Å². The lowest BCUT2D eigenvalue weighted by atomic mass is 9.88. The minimum absolute atomic E-state index is 0.151. The minimum atomic E-state index is -0.865. The van der Waals surface area contributed by atoms with E-state index in [4.69, 9.17) is 0 Å². The fraction of sp³-hybridized carbons (Fsp3) is 0.480. The number of hydrogen-bond acceptors (Lipinski definition) is 3. The summed E-state index contributed by atoms with van der Waals surface area (Å²) in [4.78, 5) is 16.7. The molecule has 0 spiro atoms. The first kappa shape index (κ1) is 21.8. The zero-order chi connectivity index (χ0) is 21.7. The molecule has 2 heterocycles. The summed E-state index contributed by atoms with van der Waals surface area (Å²) in [6.45, 7) is 3.53. The average Bonchev–Trinajstić information content (AvgIpc) is 2.77. The normalized spacial score (nSPS) is 23.0. The molecule has 0 bridgehead atoms. The number of halogens is 1. The second-order valence-corrected chi connectivity index (χ2v) is 9.10. The van der Waals surface area contributed by atoms with Gasteiger partial charge in [0.2, 0.25) is 0 Å². The maximum atomic E-state index is 13.1. The van der Waals surface area contributed by atoms with E-state index in [9.17, 15) is 14.3 Å². The molecule has 1 atom stereocenters. The lowest BCUT2D eigenvalue weighted by Gasteiger charge is -2.43. The average molecular weight is 426 g/mol. The van der Waals surface area contributed by atoms with E-state index in [1.165, 1.54) is 17.7 Å². The second kappa shape index (κ2) is 9.79. The van der Waals surface area contributed by atoms with Gasteiger partial charge in [0.1, 0.15) is 5.82 Å². The number of carbonyl (C=O) groups excluding carboxylic acids is 1. The summed E-state index contributed by atoms with van der Waals surface area (Å²) in [6, 6.07) is 16.1. The number of amides is 2. The van der Waals surface area contributed by atoms with Crippen molar-refractivity contribution in [3.05, 3.63) is 66.0 Å². The highest BCUT2D eigenvalue weighted by molar-refractivity contribution is 5.89. The Morgan fingerprint density at radius 3 is 2.48 bits per heavy atom. The van der Waals surface area contributed by atoms with Gasteiger partial charge in [-0.3, -0.25) is 0 Å². The zero-order valence-electron chi connectivity index (χ0n) is 18.0. The third-order valence-corrected chi connectivity index (χ3v) is 6.53. The van der Waals surface area contributed by atoms with Gasteiger partial charge in [-0.1, -0.05) is 30.3 Å². The van der Waals surface area contributed by atoms with Crippen LogP contribution in [0.3, 0.4) is 0 Å². The summed E-state index contributed by atoms with van der Waals surface area (Å²) in [5.41, 5.74) is 1.09. The van der Waals surface area contributed by atoms with E-state index in [1.54, 1.807) is 4.90 Å². The Hall–Kier alpha value is -2.44. The van der Waals surface area contributed by atoms with Gasteiger partial charge in [-0.25, -0.2) is 9.18 Å². The van der Waals surface area contributed by atoms with E-state index in [0.717, 1.165) is 50.9 Å². The summed E-state index contributed by atoms with van der Waals surface area (Å²) >= 11 is 0. The molecule has 4 rings (SSSR count). The van der Waals surface area contributed by atoms with Crippen molar-refractivity contribution in [3.63, 3.8) is 0 Å². The highest BCUT2D eigenvalue weighted by Gasteiger charge is 2.37. The van der Waals surface area contributed by atoms with Crippen molar-refractivity contribution in [2.75, 3.05) is 38.0 Å². The fourth-order valence-corrected chi connectivity index (χ4v) is 4.86. The van der Waals surface area contributed by atoms with Crippen LogP contribution >= 0.6 is 0 Å². The number of anilines is 1. The van der Waals surface area contributed by atoms with Crippen LogP contribution in [0.4, 0.5) is 14.9 Å². The van der Waals surface area contributed by atoms with E-state index < -0.39 is 5.60 Å². The number of piperidine rings is 2. The Balaban J connectivity index is 1.25. The Morgan fingerprint density at radius 1 is 1.06 bits per heavy atom. The largest absolute Gasteiger partial charge is 0.387 e. The van der Waals surface area contributed by atoms with Gasteiger partial charge in [0.25, 0.3) is 0 Å². The van der Waals surface area contributed by atoms with Crippen LogP contribution in [0.5, 0.6) is 0 Å². The smallest absolute Gasteiger partial charge is 0.321 e. The molecule has 6 heteroatoms. The third kappa shape index (κ3) is 6.05. The summed E-state index contributed by atoms with van der Waals surface area (Å²) < 4.78 is 13.1. The number of carbonyl (C=O) groups is 1. The quantitative estimate of drug-likeness (QED) is 0.757. The third-order valence-electron chi connectivity index (χ3n) is 6.53. The Bertz CT molecular complexity index is 853. The molecule has 2 saturated heterocycles. The van der Waals surface area contributed by atoms with Gasteiger partial charge in [0.05, 0.1) is 12.1 Å². The van der Waals surface area contributed by atoms with Crippen molar-refractivity contribution in [2.45, 2.75) is 37.7 Å².